The summed E-state index contributed by atoms with van der Waals surface area (Å²) in [5.74, 6) is 0.661. The van der Waals surface area contributed by atoms with E-state index in [0.717, 1.165) is 36.3 Å². The van der Waals surface area contributed by atoms with E-state index >= 15 is 0 Å². The Labute approximate surface area is 134 Å². The van der Waals surface area contributed by atoms with Crippen molar-refractivity contribution in [3.05, 3.63) is 29.3 Å². The molecular formula is C18H29NO3. The minimum atomic E-state index is -0.369. The molecule has 0 N–H and O–H groups in total. The van der Waals surface area contributed by atoms with Crippen LogP contribution in [0.2, 0.25) is 0 Å². The first kappa shape index (κ1) is 18.5. The molecule has 1 aromatic rings. The van der Waals surface area contributed by atoms with E-state index < -0.39 is 0 Å². The van der Waals surface area contributed by atoms with Crippen LogP contribution in [0.5, 0.6) is 5.75 Å². The second-order valence-corrected chi connectivity index (χ2v) is 5.67. The number of unbranched alkanes of at least 4 members (excludes halogenated alkanes) is 1. The number of carbonyl (C=O) groups is 1. The molecule has 0 amide bonds. The van der Waals surface area contributed by atoms with Crippen molar-refractivity contribution in [2.75, 3.05) is 27.8 Å². The van der Waals surface area contributed by atoms with Crippen molar-refractivity contribution in [2.24, 2.45) is 0 Å². The first-order chi connectivity index (χ1) is 10.6. The van der Waals surface area contributed by atoms with Gasteiger partial charge in [-0.05, 0) is 44.1 Å². The number of nitrogens with zero attached hydrogens (tertiary/aromatic N) is 1. The number of likely N-dealkylation sites (N-methyl/N-ethyl adjacent to an activating group) is 1. The number of methoxy groups -OCH3 is 1. The first-order valence-electron chi connectivity index (χ1n) is 8.05. The standard InChI is InChI=1S/C14H19NO3.C4H10/c1-15(2)13(14(16)17-3)11-6-4-8-12-10(11)7-5-9-18-12;1-3-4-2/h4,6,8,13H,5,7,9H2,1-3H3;3-4H2,1-2H3. The van der Waals surface area contributed by atoms with Crippen LogP contribution in [-0.2, 0) is 16.0 Å². The lowest BCUT2D eigenvalue weighted by atomic mass is 9.94. The molecule has 1 aliphatic heterocycles. The van der Waals surface area contributed by atoms with Gasteiger partial charge in [0.1, 0.15) is 11.8 Å². The van der Waals surface area contributed by atoms with E-state index in [4.69, 9.17) is 9.47 Å². The summed E-state index contributed by atoms with van der Waals surface area (Å²) in [6.45, 7) is 5.11. The topological polar surface area (TPSA) is 38.8 Å². The molecule has 0 bridgehead atoms. The Balaban J connectivity index is 0.000000541. The van der Waals surface area contributed by atoms with Crippen LogP contribution in [0.3, 0.4) is 0 Å². The van der Waals surface area contributed by atoms with Crippen LogP contribution in [0.1, 0.15) is 50.3 Å². The van der Waals surface area contributed by atoms with Crippen molar-refractivity contribution in [3.8, 4) is 5.75 Å². The van der Waals surface area contributed by atoms with E-state index in [1.54, 1.807) is 0 Å². The fraction of sp³-hybridized carbons (Fsp3) is 0.611. The highest BCUT2D eigenvalue weighted by Crippen LogP contribution is 2.33. The van der Waals surface area contributed by atoms with Crippen LogP contribution < -0.4 is 4.74 Å². The van der Waals surface area contributed by atoms with E-state index in [0.29, 0.717) is 0 Å². The van der Waals surface area contributed by atoms with Gasteiger partial charge in [-0.2, -0.15) is 0 Å². The number of ether oxygens (including phenoxy) is 2. The quantitative estimate of drug-likeness (QED) is 0.797. The summed E-state index contributed by atoms with van der Waals surface area (Å²) in [5.41, 5.74) is 2.12. The average molecular weight is 307 g/mol. The lowest BCUT2D eigenvalue weighted by molar-refractivity contribution is -0.146. The van der Waals surface area contributed by atoms with Gasteiger partial charge in [-0.1, -0.05) is 38.8 Å². The van der Waals surface area contributed by atoms with Crippen LogP contribution >= 0.6 is 0 Å². The second-order valence-electron chi connectivity index (χ2n) is 5.67. The van der Waals surface area contributed by atoms with Crippen LogP contribution in [0.15, 0.2) is 18.2 Å². The minimum Gasteiger partial charge on any atom is -0.493 e. The van der Waals surface area contributed by atoms with E-state index in [1.165, 1.54) is 20.0 Å². The molecular weight excluding hydrogens is 278 g/mol. The monoisotopic (exact) mass is 307 g/mol. The molecule has 1 unspecified atom stereocenters. The third kappa shape index (κ3) is 4.73. The summed E-state index contributed by atoms with van der Waals surface area (Å²) in [6.07, 6.45) is 4.58. The third-order valence-corrected chi connectivity index (χ3v) is 3.73. The Kier molecular flexibility index (Phi) is 7.96. The van der Waals surface area contributed by atoms with E-state index in [9.17, 15) is 4.79 Å². The molecule has 2 rings (SSSR count). The molecule has 0 spiro atoms. The van der Waals surface area contributed by atoms with Crippen molar-refractivity contribution in [1.29, 1.82) is 0 Å². The molecule has 0 aromatic heterocycles. The number of esters is 1. The number of hydrogen-bond acceptors (Lipinski definition) is 4. The Morgan fingerprint density at radius 3 is 2.55 bits per heavy atom. The molecule has 0 saturated carbocycles. The number of hydrogen-bond donors (Lipinski definition) is 0. The zero-order chi connectivity index (χ0) is 16.5. The van der Waals surface area contributed by atoms with Gasteiger partial charge in [-0.15, -0.1) is 0 Å². The zero-order valence-electron chi connectivity index (χ0n) is 14.5. The van der Waals surface area contributed by atoms with Gasteiger partial charge in [0.15, 0.2) is 0 Å². The first-order valence-corrected chi connectivity index (χ1v) is 8.05. The lowest BCUT2D eigenvalue weighted by Crippen LogP contribution is -2.30. The number of carbonyl (C=O) groups excluding carboxylic acids is 1. The molecule has 124 valence electrons. The van der Waals surface area contributed by atoms with Gasteiger partial charge < -0.3 is 9.47 Å². The van der Waals surface area contributed by atoms with E-state index in [2.05, 4.69) is 13.8 Å². The van der Waals surface area contributed by atoms with Crippen molar-refractivity contribution in [3.63, 3.8) is 0 Å². The minimum absolute atomic E-state index is 0.237. The molecule has 0 aliphatic carbocycles. The average Bonchev–Trinajstić information content (AvgIpc) is 2.55. The second kappa shape index (κ2) is 9.46. The summed E-state index contributed by atoms with van der Waals surface area (Å²) in [7, 11) is 5.18. The molecule has 4 nitrogen and oxygen atoms in total. The largest absolute Gasteiger partial charge is 0.493 e. The van der Waals surface area contributed by atoms with Gasteiger partial charge in [-0.25, -0.2) is 4.79 Å². The van der Waals surface area contributed by atoms with Crippen LogP contribution in [0, 0.1) is 0 Å². The molecule has 1 atom stereocenters. The van der Waals surface area contributed by atoms with Gasteiger partial charge >= 0.3 is 5.97 Å². The molecule has 1 heterocycles. The lowest BCUT2D eigenvalue weighted by Gasteiger charge is -2.27. The summed E-state index contributed by atoms with van der Waals surface area (Å²) >= 11 is 0. The van der Waals surface area contributed by atoms with Gasteiger partial charge in [-0.3, -0.25) is 4.90 Å². The van der Waals surface area contributed by atoms with Crippen molar-refractivity contribution >= 4 is 5.97 Å². The molecule has 1 aliphatic rings. The van der Waals surface area contributed by atoms with Crippen molar-refractivity contribution in [2.45, 2.75) is 45.6 Å². The molecule has 4 heteroatoms. The summed E-state index contributed by atoms with van der Waals surface area (Å²) in [5, 5.41) is 0. The molecule has 1 aromatic carbocycles. The predicted molar refractivity (Wildman–Crippen MR) is 89.3 cm³/mol. The van der Waals surface area contributed by atoms with E-state index in [-0.39, 0.29) is 12.0 Å². The van der Waals surface area contributed by atoms with Crippen LogP contribution in [0.4, 0.5) is 0 Å². The smallest absolute Gasteiger partial charge is 0.327 e. The maximum absolute atomic E-state index is 11.9. The molecule has 22 heavy (non-hydrogen) atoms. The number of rotatable bonds is 4. The number of fused-ring (bicyclic) bond motifs is 1. The summed E-state index contributed by atoms with van der Waals surface area (Å²) in [6, 6.07) is 5.50. The van der Waals surface area contributed by atoms with Crippen molar-refractivity contribution < 1.29 is 14.3 Å². The highest BCUT2D eigenvalue weighted by Gasteiger charge is 2.28. The van der Waals surface area contributed by atoms with Crippen LogP contribution in [0.25, 0.3) is 0 Å². The SMILES string of the molecule is CCCC.COC(=O)C(c1cccc2c1CCCO2)N(C)C. The highest BCUT2D eigenvalue weighted by atomic mass is 16.5. The van der Waals surface area contributed by atoms with Crippen LogP contribution in [-0.4, -0.2) is 38.7 Å². The van der Waals surface area contributed by atoms with Gasteiger partial charge in [0, 0.05) is 0 Å². The fourth-order valence-corrected chi connectivity index (χ4v) is 2.40. The Bertz CT molecular complexity index is 469. The zero-order valence-corrected chi connectivity index (χ0v) is 14.5. The Morgan fingerprint density at radius 1 is 1.32 bits per heavy atom. The molecule has 0 saturated heterocycles. The van der Waals surface area contributed by atoms with E-state index in [1.807, 2.05) is 37.2 Å². The van der Waals surface area contributed by atoms with Crippen molar-refractivity contribution in [1.82, 2.24) is 4.90 Å². The maximum atomic E-state index is 11.9. The Hall–Kier alpha value is -1.55. The van der Waals surface area contributed by atoms with Gasteiger partial charge in [0.25, 0.3) is 0 Å². The Morgan fingerprint density at radius 2 is 2.00 bits per heavy atom. The predicted octanol–water partition coefficient (Wildman–Crippen LogP) is 3.59. The summed E-state index contributed by atoms with van der Waals surface area (Å²) < 4.78 is 10.5. The van der Waals surface area contributed by atoms with Gasteiger partial charge in [0.05, 0.1) is 13.7 Å². The molecule has 0 fully saturated rings. The third-order valence-electron chi connectivity index (χ3n) is 3.73. The fourth-order valence-electron chi connectivity index (χ4n) is 2.40. The number of benzene rings is 1. The molecule has 0 radical (unpaired) electrons. The van der Waals surface area contributed by atoms with Gasteiger partial charge in [0.2, 0.25) is 0 Å². The maximum Gasteiger partial charge on any atom is 0.327 e. The highest BCUT2D eigenvalue weighted by molar-refractivity contribution is 5.78. The normalized spacial score (nSPS) is 14.3. The summed E-state index contributed by atoms with van der Waals surface area (Å²) in [4.78, 5) is 13.8.